The zero-order valence-corrected chi connectivity index (χ0v) is 20.0. The molecule has 0 unspecified atom stereocenters. The molecule has 3 N–H and O–H groups in total. The lowest BCUT2D eigenvalue weighted by Crippen LogP contribution is -2.45. The lowest BCUT2D eigenvalue weighted by molar-refractivity contribution is -0.137. The van der Waals surface area contributed by atoms with E-state index in [1.165, 1.54) is 6.20 Å². The van der Waals surface area contributed by atoms with Crippen LogP contribution in [-0.4, -0.2) is 62.5 Å². The molecule has 3 aromatic rings. The minimum absolute atomic E-state index is 0.0506. The minimum Gasteiger partial charge on any atom is -0.381 e. The summed E-state index contributed by atoms with van der Waals surface area (Å²) in [5.74, 6) is -1.30. The van der Waals surface area contributed by atoms with Gasteiger partial charge in [0.25, 0.3) is 5.91 Å². The molecule has 0 bridgehead atoms. The lowest BCUT2D eigenvalue weighted by atomic mass is 9.92. The Hall–Kier alpha value is -3.83. The standard InChI is InChI=1S/C24H28F2N8O2/c1-14-2-6-33(7-3-14)24(36)15-4-8-32(9-5-15)20-17(26)11-28-12-18(20)30-23(35)19-21(27)31-34-13-16(25)10-29-22(19)34/h10-15H,2-9H2,1H3,(H2,27,31)(H,30,35). The maximum Gasteiger partial charge on any atom is 0.263 e. The number of amides is 2. The van der Waals surface area contributed by atoms with E-state index in [4.69, 9.17) is 5.73 Å². The highest BCUT2D eigenvalue weighted by atomic mass is 19.1. The van der Waals surface area contributed by atoms with Crippen LogP contribution in [-0.2, 0) is 4.79 Å². The second-order valence-corrected chi connectivity index (χ2v) is 9.54. The van der Waals surface area contributed by atoms with Gasteiger partial charge in [0, 0.05) is 32.1 Å². The molecule has 0 atom stereocenters. The second kappa shape index (κ2) is 9.67. The summed E-state index contributed by atoms with van der Waals surface area (Å²) < 4.78 is 29.5. The Labute approximate surface area is 206 Å². The summed E-state index contributed by atoms with van der Waals surface area (Å²) >= 11 is 0. The molecule has 5 rings (SSSR count). The van der Waals surface area contributed by atoms with Crippen LogP contribution in [0.2, 0.25) is 0 Å². The molecule has 2 aliphatic rings. The van der Waals surface area contributed by atoms with Crippen LogP contribution >= 0.6 is 0 Å². The van der Waals surface area contributed by atoms with E-state index in [1.54, 1.807) is 0 Å². The summed E-state index contributed by atoms with van der Waals surface area (Å²) in [6.45, 7) is 4.72. The van der Waals surface area contributed by atoms with E-state index < -0.39 is 17.5 Å². The van der Waals surface area contributed by atoms with Gasteiger partial charge >= 0.3 is 0 Å². The van der Waals surface area contributed by atoms with Gasteiger partial charge in [-0.1, -0.05) is 6.92 Å². The molecule has 0 radical (unpaired) electrons. The SMILES string of the molecule is CC1CCN(C(=O)C2CCN(c3c(F)cncc3NC(=O)c3c(N)nn4cc(F)cnc34)CC2)CC1. The van der Waals surface area contributed by atoms with Crippen molar-refractivity contribution in [2.24, 2.45) is 11.8 Å². The molecule has 3 aromatic heterocycles. The number of piperidine rings is 2. The first-order valence-electron chi connectivity index (χ1n) is 12.1. The Kier molecular flexibility index (Phi) is 6.42. The van der Waals surface area contributed by atoms with Crippen molar-refractivity contribution in [3.05, 3.63) is 42.0 Å². The number of halogens is 2. The van der Waals surface area contributed by atoms with Gasteiger partial charge in [-0.3, -0.25) is 14.6 Å². The molecule has 10 nitrogen and oxygen atoms in total. The normalized spacial score (nSPS) is 17.5. The van der Waals surface area contributed by atoms with E-state index >= 15 is 0 Å². The Morgan fingerprint density at radius 2 is 1.78 bits per heavy atom. The molecule has 190 valence electrons. The molecule has 0 spiro atoms. The van der Waals surface area contributed by atoms with Gasteiger partial charge in [0.15, 0.2) is 23.1 Å². The fourth-order valence-electron chi connectivity index (χ4n) is 5.01. The Bertz CT molecular complexity index is 1300. The predicted molar refractivity (Wildman–Crippen MR) is 129 cm³/mol. The number of pyridine rings is 1. The van der Waals surface area contributed by atoms with Crippen LogP contribution in [0.1, 0.15) is 43.0 Å². The molecule has 2 fully saturated rings. The van der Waals surface area contributed by atoms with Crippen molar-refractivity contribution in [2.45, 2.75) is 32.6 Å². The zero-order chi connectivity index (χ0) is 25.4. The van der Waals surface area contributed by atoms with Crippen LogP contribution in [0.4, 0.5) is 26.0 Å². The van der Waals surface area contributed by atoms with Crippen LogP contribution in [0.5, 0.6) is 0 Å². The summed E-state index contributed by atoms with van der Waals surface area (Å²) in [5.41, 5.74) is 6.27. The third-order valence-corrected chi connectivity index (χ3v) is 7.07. The molecular weight excluding hydrogens is 470 g/mol. The van der Waals surface area contributed by atoms with Gasteiger partial charge in [0.05, 0.1) is 30.5 Å². The predicted octanol–water partition coefficient (Wildman–Crippen LogP) is 2.71. The maximum atomic E-state index is 15.0. The number of anilines is 3. The summed E-state index contributed by atoms with van der Waals surface area (Å²) in [5, 5.41) is 6.59. The van der Waals surface area contributed by atoms with Gasteiger partial charge in [-0.25, -0.2) is 18.3 Å². The number of nitrogens with two attached hydrogens (primary N) is 1. The number of nitrogens with zero attached hydrogens (tertiary/aromatic N) is 6. The number of hydrogen-bond acceptors (Lipinski definition) is 7. The summed E-state index contributed by atoms with van der Waals surface area (Å²) in [7, 11) is 0. The smallest absolute Gasteiger partial charge is 0.263 e. The molecule has 2 amide bonds. The molecule has 12 heteroatoms. The van der Waals surface area contributed by atoms with E-state index in [1.807, 2.05) is 9.80 Å². The highest BCUT2D eigenvalue weighted by Crippen LogP contribution is 2.33. The van der Waals surface area contributed by atoms with Gasteiger partial charge < -0.3 is 20.9 Å². The first-order chi connectivity index (χ1) is 17.3. The van der Waals surface area contributed by atoms with E-state index in [0.717, 1.165) is 49.0 Å². The van der Waals surface area contributed by atoms with Gasteiger partial charge in [0.1, 0.15) is 11.3 Å². The Balaban J connectivity index is 1.31. The average molecular weight is 499 g/mol. The van der Waals surface area contributed by atoms with E-state index in [0.29, 0.717) is 31.8 Å². The number of carbonyl (C=O) groups is 2. The number of aromatic nitrogens is 4. The largest absolute Gasteiger partial charge is 0.381 e. The second-order valence-electron chi connectivity index (χ2n) is 9.54. The summed E-state index contributed by atoms with van der Waals surface area (Å²) in [6, 6.07) is 0. The monoisotopic (exact) mass is 498 g/mol. The molecule has 36 heavy (non-hydrogen) atoms. The van der Waals surface area contributed by atoms with E-state index in [9.17, 15) is 18.4 Å². The van der Waals surface area contributed by atoms with E-state index in [2.05, 4.69) is 27.3 Å². The van der Waals surface area contributed by atoms with Gasteiger partial charge in [-0.15, -0.1) is 5.10 Å². The first kappa shape index (κ1) is 23.9. The summed E-state index contributed by atoms with van der Waals surface area (Å²) in [6.07, 6.45) is 7.70. The molecule has 2 aliphatic heterocycles. The maximum absolute atomic E-state index is 15.0. The number of fused-ring (bicyclic) bond motifs is 1. The minimum atomic E-state index is -0.667. The van der Waals surface area contributed by atoms with Crippen LogP contribution < -0.4 is 16.0 Å². The van der Waals surface area contributed by atoms with Gasteiger partial charge in [-0.2, -0.15) is 0 Å². The van der Waals surface area contributed by atoms with Gasteiger partial charge in [0.2, 0.25) is 5.91 Å². The molecule has 2 saturated heterocycles. The highest BCUT2D eigenvalue weighted by Gasteiger charge is 2.32. The number of carbonyl (C=O) groups excluding carboxylic acids is 2. The lowest BCUT2D eigenvalue weighted by Gasteiger charge is -2.38. The van der Waals surface area contributed by atoms with Gasteiger partial charge in [-0.05, 0) is 31.6 Å². The molecule has 0 saturated carbocycles. The van der Waals surface area contributed by atoms with Crippen molar-refractivity contribution in [2.75, 3.05) is 42.1 Å². The number of nitrogens with one attached hydrogen (secondary N) is 1. The Morgan fingerprint density at radius 3 is 2.50 bits per heavy atom. The Morgan fingerprint density at radius 1 is 1.06 bits per heavy atom. The number of likely N-dealkylation sites (tertiary alicyclic amines) is 1. The van der Waals surface area contributed by atoms with Crippen LogP contribution in [0.25, 0.3) is 5.65 Å². The first-order valence-corrected chi connectivity index (χ1v) is 12.1. The van der Waals surface area contributed by atoms with Crippen molar-refractivity contribution in [3.8, 4) is 0 Å². The van der Waals surface area contributed by atoms with Crippen molar-refractivity contribution >= 4 is 34.7 Å². The zero-order valence-electron chi connectivity index (χ0n) is 20.0. The van der Waals surface area contributed by atoms with Crippen LogP contribution in [0.3, 0.4) is 0 Å². The molecule has 0 aliphatic carbocycles. The van der Waals surface area contributed by atoms with Crippen LogP contribution in [0, 0.1) is 23.5 Å². The average Bonchev–Trinajstić information content (AvgIpc) is 3.19. The summed E-state index contributed by atoms with van der Waals surface area (Å²) in [4.78, 5) is 37.7. The quantitative estimate of drug-likeness (QED) is 0.567. The number of hydrogen-bond donors (Lipinski definition) is 2. The molecule has 0 aromatic carbocycles. The van der Waals surface area contributed by atoms with Crippen molar-refractivity contribution in [1.82, 2.24) is 24.5 Å². The van der Waals surface area contributed by atoms with Crippen molar-refractivity contribution in [1.29, 1.82) is 0 Å². The van der Waals surface area contributed by atoms with Crippen molar-refractivity contribution < 1.29 is 18.4 Å². The van der Waals surface area contributed by atoms with Crippen LogP contribution in [0.15, 0.2) is 24.8 Å². The fraction of sp³-hybridized carbons (Fsp3) is 0.458. The molecular formula is C24H28F2N8O2. The number of nitrogen functional groups attached to an aromatic ring is 1. The number of rotatable bonds is 4. The third-order valence-electron chi connectivity index (χ3n) is 7.07. The highest BCUT2D eigenvalue weighted by molar-refractivity contribution is 6.12. The fourth-order valence-corrected chi connectivity index (χ4v) is 5.01. The van der Waals surface area contributed by atoms with Crippen molar-refractivity contribution in [3.63, 3.8) is 0 Å². The topological polar surface area (TPSA) is 122 Å². The third kappa shape index (κ3) is 4.54. The van der Waals surface area contributed by atoms with E-state index in [-0.39, 0.29) is 40.2 Å². The molecule has 5 heterocycles.